The fraction of sp³-hybridized carbons (Fsp3) is 0.800. The van der Waals surface area contributed by atoms with Crippen molar-refractivity contribution in [2.75, 3.05) is 17.3 Å². The Balaban J connectivity index is 2.31. The van der Waals surface area contributed by atoms with E-state index in [0.717, 1.165) is 17.3 Å². The number of amides is 1. The number of nitrogens with two attached hydrogens (primary N) is 1. The van der Waals surface area contributed by atoms with E-state index in [1.165, 1.54) is 0 Å². The first-order valence-corrected chi connectivity index (χ1v) is 5.24. The Morgan fingerprint density at radius 2 is 2.40 bits per heavy atom. The van der Waals surface area contributed by atoms with Crippen molar-refractivity contribution < 1.29 is 4.79 Å². The third kappa shape index (κ3) is 2.07. The minimum absolute atomic E-state index is 0.0443. The van der Waals surface area contributed by atoms with Crippen LogP contribution < -0.4 is 11.3 Å². The second kappa shape index (κ2) is 4.10. The summed E-state index contributed by atoms with van der Waals surface area (Å²) in [6.45, 7) is 0. The molecule has 0 spiro atoms. The van der Waals surface area contributed by atoms with Crippen molar-refractivity contribution in [2.24, 2.45) is 5.84 Å². The van der Waals surface area contributed by atoms with Crippen LogP contribution in [-0.4, -0.2) is 28.4 Å². The first-order chi connectivity index (χ1) is 4.84. The highest BCUT2D eigenvalue weighted by Crippen LogP contribution is 2.23. The molecule has 0 aromatic carbocycles. The molecular formula is C5H10N2OS2. The lowest BCUT2D eigenvalue weighted by molar-refractivity contribution is -0.120. The number of hydrogen-bond donors (Lipinski definition) is 2. The van der Waals surface area contributed by atoms with Gasteiger partial charge in [-0.15, -0.1) is 11.8 Å². The summed E-state index contributed by atoms with van der Waals surface area (Å²) in [6.07, 6.45) is 0. The first-order valence-electron chi connectivity index (χ1n) is 3.04. The summed E-state index contributed by atoms with van der Waals surface area (Å²) >= 11 is 3.49. The molecule has 0 aliphatic carbocycles. The molecule has 1 atom stereocenters. The Labute approximate surface area is 68.5 Å². The lowest BCUT2D eigenvalue weighted by Crippen LogP contribution is -2.40. The molecule has 0 bridgehead atoms. The van der Waals surface area contributed by atoms with E-state index in [1.807, 2.05) is 11.8 Å². The maximum Gasteiger partial charge on any atom is 0.247 e. The summed E-state index contributed by atoms with van der Waals surface area (Å²) in [6, 6.07) is 0. The molecule has 1 heterocycles. The maximum absolute atomic E-state index is 10.9. The molecule has 1 amide bonds. The highest BCUT2D eigenvalue weighted by Gasteiger charge is 2.20. The van der Waals surface area contributed by atoms with E-state index < -0.39 is 0 Å². The molecule has 1 aliphatic rings. The third-order valence-electron chi connectivity index (χ3n) is 1.25. The van der Waals surface area contributed by atoms with E-state index in [9.17, 15) is 4.79 Å². The van der Waals surface area contributed by atoms with E-state index >= 15 is 0 Å². The number of carbonyl (C=O) groups excluding carboxylic acids is 1. The number of thioether (sulfide) groups is 2. The van der Waals surface area contributed by atoms with Crippen LogP contribution in [0.3, 0.4) is 0 Å². The van der Waals surface area contributed by atoms with Gasteiger partial charge in [-0.1, -0.05) is 0 Å². The number of nitrogens with one attached hydrogen (secondary N) is 1. The van der Waals surface area contributed by atoms with Crippen LogP contribution in [0.15, 0.2) is 0 Å². The van der Waals surface area contributed by atoms with Crippen molar-refractivity contribution in [3.05, 3.63) is 0 Å². The van der Waals surface area contributed by atoms with Crippen molar-refractivity contribution in [2.45, 2.75) is 5.25 Å². The Bertz CT molecular complexity index is 125. The molecule has 58 valence electrons. The Hall–Kier alpha value is 0.130. The molecule has 0 radical (unpaired) electrons. The van der Waals surface area contributed by atoms with Crippen molar-refractivity contribution in [3.8, 4) is 0 Å². The van der Waals surface area contributed by atoms with Gasteiger partial charge in [-0.3, -0.25) is 10.2 Å². The van der Waals surface area contributed by atoms with Crippen molar-refractivity contribution in [1.29, 1.82) is 0 Å². The maximum atomic E-state index is 10.9. The first kappa shape index (κ1) is 8.23. The summed E-state index contributed by atoms with van der Waals surface area (Å²) in [4.78, 5) is 10.9. The van der Waals surface area contributed by atoms with E-state index in [4.69, 9.17) is 5.84 Å². The zero-order chi connectivity index (χ0) is 7.40. The van der Waals surface area contributed by atoms with Crippen LogP contribution in [0.1, 0.15) is 0 Å². The number of hydrazine groups is 1. The number of rotatable bonds is 1. The number of carbonyl (C=O) groups is 1. The molecule has 1 aliphatic heterocycles. The van der Waals surface area contributed by atoms with E-state index in [-0.39, 0.29) is 11.2 Å². The summed E-state index contributed by atoms with van der Waals surface area (Å²) in [5, 5.41) is 0.0729. The van der Waals surface area contributed by atoms with Crippen LogP contribution in [0.25, 0.3) is 0 Å². The van der Waals surface area contributed by atoms with Gasteiger partial charge in [0.2, 0.25) is 5.91 Å². The van der Waals surface area contributed by atoms with Gasteiger partial charge in [0.15, 0.2) is 0 Å². The summed E-state index contributed by atoms with van der Waals surface area (Å²) in [7, 11) is 0. The topological polar surface area (TPSA) is 55.1 Å². The minimum Gasteiger partial charge on any atom is -0.293 e. The lowest BCUT2D eigenvalue weighted by atomic mass is 10.4. The quantitative estimate of drug-likeness (QED) is 0.332. The smallest absolute Gasteiger partial charge is 0.247 e. The molecule has 0 saturated carbocycles. The summed E-state index contributed by atoms with van der Waals surface area (Å²) in [5.74, 6) is 8.04. The monoisotopic (exact) mass is 178 g/mol. The zero-order valence-corrected chi connectivity index (χ0v) is 7.13. The minimum atomic E-state index is -0.0443. The lowest BCUT2D eigenvalue weighted by Gasteiger charge is -2.18. The van der Waals surface area contributed by atoms with Gasteiger partial charge >= 0.3 is 0 Å². The van der Waals surface area contributed by atoms with Crippen LogP contribution in [0.2, 0.25) is 0 Å². The molecule has 1 saturated heterocycles. The molecule has 5 heteroatoms. The van der Waals surface area contributed by atoms with Crippen molar-refractivity contribution >= 4 is 29.4 Å². The summed E-state index contributed by atoms with van der Waals surface area (Å²) < 4.78 is 0. The van der Waals surface area contributed by atoms with Crippen LogP contribution in [0, 0.1) is 0 Å². The molecule has 1 fully saturated rings. The SMILES string of the molecule is NNC(=O)C1CSCCS1. The predicted molar refractivity (Wildman–Crippen MR) is 45.9 cm³/mol. The number of hydrogen-bond acceptors (Lipinski definition) is 4. The molecule has 1 unspecified atom stereocenters. The third-order valence-corrected chi connectivity index (χ3v) is 4.00. The predicted octanol–water partition coefficient (Wildman–Crippen LogP) is -0.175. The van der Waals surface area contributed by atoms with Crippen LogP contribution in [-0.2, 0) is 4.79 Å². The normalized spacial score (nSPS) is 25.9. The Morgan fingerprint density at radius 3 is 2.90 bits per heavy atom. The van der Waals surface area contributed by atoms with Gasteiger partial charge in [0.1, 0.15) is 0 Å². The Kier molecular flexibility index (Phi) is 3.37. The summed E-state index contributed by atoms with van der Waals surface area (Å²) in [5.41, 5.74) is 2.16. The molecule has 0 aromatic rings. The van der Waals surface area contributed by atoms with Gasteiger partial charge in [0.05, 0.1) is 5.25 Å². The fourth-order valence-corrected chi connectivity index (χ4v) is 3.30. The Morgan fingerprint density at radius 1 is 1.60 bits per heavy atom. The van der Waals surface area contributed by atoms with Crippen LogP contribution in [0.4, 0.5) is 0 Å². The average Bonchev–Trinajstić information content (AvgIpc) is 2.05. The largest absolute Gasteiger partial charge is 0.293 e. The van der Waals surface area contributed by atoms with Crippen LogP contribution in [0.5, 0.6) is 0 Å². The van der Waals surface area contributed by atoms with Gasteiger partial charge < -0.3 is 0 Å². The van der Waals surface area contributed by atoms with Crippen molar-refractivity contribution in [1.82, 2.24) is 5.43 Å². The molecule has 3 nitrogen and oxygen atoms in total. The average molecular weight is 178 g/mol. The highest BCUT2D eigenvalue weighted by atomic mass is 32.2. The van der Waals surface area contributed by atoms with E-state index in [1.54, 1.807) is 11.8 Å². The van der Waals surface area contributed by atoms with Crippen molar-refractivity contribution in [3.63, 3.8) is 0 Å². The van der Waals surface area contributed by atoms with Gasteiger partial charge in [-0.25, -0.2) is 5.84 Å². The molecule has 1 rings (SSSR count). The zero-order valence-electron chi connectivity index (χ0n) is 5.50. The van der Waals surface area contributed by atoms with Gasteiger partial charge in [0, 0.05) is 17.3 Å². The molecule has 0 aromatic heterocycles. The van der Waals surface area contributed by atoms with E-state index in [0.29, 0.717) is 0 Å². The second-order valence-corrected chi connectivity index (χ2v) is 4.40. The van der Waals surface area contributed by atoms with Gasteiger partial charge in [-0.05, 0) is 0 Å². The molecular weight excluding hydrogens is 168 g/mol. The molecule has 10 heavy (non-hydrogen) atoms. The molecule has 3 N–H and O–H groups in total. The van der Waals surface area contributed by atoms with Gasteiger partial charge in [-0.2, -0.15) is 11.8 Å². The van der Waals surface area contributed by atoms with E-state index in [2.05, 4.69) is 5.43 Å². The highest BCUT2D eigenvalue weighted by molar-refractivity contribution is 8.07. The van der Waals surface area contributed by atoms with Crippen LogP contribution >= 0.6 is 23.5 Å². The van der Waals surface area contributed by atoms with Gasteiger partial charge in [0.25, 0.3) is 0 Å². The second-order valence-electron chi connectivity index (χ2n) is 1.94. The fourth-order valence-electron chi connectivity index (χ4n) is 0.732. The standard InChI is InChI=1S/C5H10N2OS2/c6-7-5(8)4-3-9-1-2-10-4/h4H,1-3,6H2,(H,7,8).